The van der Waals surface area contributed by atoms with Gasteiger partial charge in [0.05, 0.1) is 15.7 Å². The Kier molecular flexibility index (Phi) is 5.14. The summed E-state index contributed by atoms with van der Waals surface area (Å²) in [6, 6.07) is 5.14. The van der Waals surface area contributed by atoms with Gasteiger partial charge in [-0.15, -0.1) is 0 Å². The number of nitrogens with one attached hydrogen (secondary N) is 1. The summed E-state index contributed by atoms with van der Waals surface area (Å²) in [6.07, 6.45) is 0. The molecule has 1 rings (SSSR count). The van der Waals surface area contributed by atoms with E-state index < -0.39 is 10.8 Å². The molecule has 0 radical (unpaired) electrons. The van der Waals surface area contributed by atoms with Crippen LogP contribution in [0.1, 0.15) is 13.8 Å². The first-order valence-electron chi connectivity index (χ1n) is 5.13. The average Bonchev–Trinajstić information content (AvgIpc) is 2.15. The number of benzene rings is 1. The van der Waals surface area contributed by atoms with Crippen molar-refractivity contribution in [3.63, 3.8) is 0 Å². The fourth-order valence-electron chi connectivity index (χ4n) is 1.29. The fourth-order valence-corrected chi connectivity index (χ4v) is 2.68. The van der Waals surface area contributed by atoms with Crippen molar-refractivity contribution in [2.45, 2.75) is 24.8 Å². The van der Waals surface area contributed by atoms with E-state index in [1.165, 1.54) is 0 Å². The molecule has 17 heavy (non-hydrogen) atoms. The highest BCUT2D eigenvalue weighted by molar-refractivity contribution is 9.10. The second-order valence-electron chi connectivity index (χ2n) is 3.89. The van der Waals surface area contributed by atoms with Gasteiger partial charge < -0.3 is 11.1 Å². The molecule has 1 atom stereocenters. The highest BCUT2D eigenvalue weighted by Gasteiger charge is 2.13. The first kappa shape index (κ1) is 14.2. The third kappa shape index (κ3) is 4.47. The number of carbonyl (C=O) groups is 1. The Morgan fingerprint density at radius 2 is 2.18 bits per heavy atom. The predicted octanol–water partition coefficient (Wildman–Crippen LogP) is 1.66. The van der Waals surface area contributed by atoms with Crippen LogP contribution in [0, 0.1) is 0 Å². The Balaban J connectivity index is 2.73. The summed E-state index contributed by atoms with van der Waals surface area (Å²) in [5, 5.41) is 2.69. The Hall–Kier alpha value is -0.880. The molecule has 0 saturated carbocycles. The number of amides is 1. The standard InChI is InChI=1S/C11H15BrN2O2S/c1-7(2)14-11(15)6-17(16)10-4-3-8(12)5-9(10)13/h3-5,7H,6,13H2,1-2H3,(H,14,15). The molecule has 0 fully saturated rings. The lowest BCUT2D eigenvalue weighted by Gasteiger charge is -2.09. The summed E-state index contributed by atoms with van der Waals surface area (Å²) in [7, 11) is -1.41. The number of carbonyl (C=O) groups excluding carboxylic acids is 1. The van der Waals surface area contributed by atoms with E-state index in [0.29, 0.717) is 10.6 Å². The molecule has 0 aromatic heterocycles. The second kappa shape index (κ2) is 6.16. The molecule has 0 spiro atoms. The molecule has 1 aromatic rings. The van der Waals surface area contributed by atoms with Gasteiger partial charge in [-0.3, -0.25) is 9.00 Å². The summed E-state index contributed by atoms with van der Waals surface area (Å²) >= 11 is 3.27. The fraction of sp³-hybridized carbons (Fsp3) is 0.364. The Morgan fingerprint density at radius 1 is 1.53 bits per heavy atom. The van der Waals surface area contributed by atoms with Gasteiger partial charge in [0.25, 0.3) is 0 Å². The van der Waals surface area contributed by atoms with Crippen molar-refractivity contribution in [3.8, 4) is 0 Å². The number of hydrogen-bond donors (Lipinski definition) is 2. The molecule has 0 aliphatic heterocycles. The topological polar surface area (TPSA) is 72.2 Å². The lowest BCUT2D eigenvalue weighted by atomic mass is 10.3. The highest BCUT2D eigenvalue weighted by atomic mass is 79.9. The number of nitrogen functional groups attached to an aromatic ring is 1. The highest BCUT2D eigenvalue weighted by Crippen LogP contribution is 2.21. The van der Waals surface area contributed by atoms with Crippen LogP contribution >= 0.6 is 15.9 Å². The first-order chi connectivity index (χ1) is 7.90. The molecular weight excluding hydrogens is 304 g/mol. The summed E-state index contributed by atoms with van der Waals surface area (Å²) in [6.45, 7) is 3.71. The van der Waals surface area contributed by atoms with Gasteiger partial charge in [0.2, 0.25) is 5.91 Å². The summed E-state index contributed by atoms with van der Waals surface area (Å²) in [5.74, 6) is -0.301. The zero-order chi connectivity index (χ0) is 13.0. The smallest absolute Gasteiger partial charge is 0.233 e. The summed E-state index contributed by atoms with van der Waals surface area (Å²) in [4.78, 5) is 12.0. The van der Waals surface area contributed by atoms with Crippen LogP contribution in [-0.4, -0.2) is 21.9 Å². The average molecular weight is 319 g/mol. The van der Waals surface area contributed by atoms with Crippen LogP contribution in [0.5, 0.6) is 0 Å². The minimum Gasteiger partial charge on any atom is -0.398 e. The second-order valence-corrected chi connectivity index (χ2v) is 6.23. The van der Waals surface area contributed by atoms with Gasteiger partial charge in [-0.25, -0.2) is 0 Å². The van der Waals surface area contributed by atoms with Gasteiger partial charge in [0.15, 0.2) is 0 Å². The number of hydrogen-bond acceptors (Lipinski definition) is 3. The van der Waals surface area contributed by atoms with E-state index in [0.717, 1.165) is 4.47 Å². The van der Waals surface area contributed by atoms with Gasteiger partial charge in [-0.05, 0) is 32.0 Å². The largest absolute Gasteiger partial charge is 0.398 e. The molecule has 0 saturated heterocycles. The molecule has 0 heterocycles. The van der Waals surface area contributed by atoms with Crippen molar-refractivity contribution in [2.24, 2.45) is 0 Å². The summed E-state index contributed by atoms with van der Waals surface area (Å²) < 4.78 is 12.7. The van der Waals surface area contributed by atoms with Crippen molar-refractivity contribution in [1.29, 1.82) is 0 Å². The number of rotatable bonds is 4. The molecule has 1 unspecified atom stereocenters. The molecule has 0 aliphatic rings. The van der Waals surface area contributed by atoms with E-state index >= 15 is 0 Å². The van der Waals surface area contributed by atoms with Crippen molar-refractivity contribution >= 4 is 38.3 Å². The molecule has 94 valence electrons. The quantitative estimate of drug-likeness (QED) is 0.829. The zero-order valence-electron chi connectivity index (χ0n) is 9.70. The van der Waals surface area contributed by atoms with Crippen LogP contribution < -0.4 is 11.1 Å². The van der Waals surface area contributed by atoms with Gasteiger partial charge in [-0.2, -0.15) is 0 Å². The van der Waals surface area contributed by atoms with Gasteiger partial charge in [0.1, 0.15) is 5.75 Å². The molecular formula is C11H15BrN2O2S. The maximum absolute atomic E-state index is 11.9. The van der Waals surface area contributed by atoms with E-state index in [4.69, 9.17) is 5.73 Å². The van der Waals surface area contributed by atoms with Crippen LogP contribution in [0.25, 0.3) is 0 Å². The molecule has 6 heteroatoms. The van der Waals surface area contributed by atoms with Crippen molar-refractivity contribution < 1.29 is 9.00 Å². The number of anilines is 1. The monoisotopic (exact) mass is 318 g/mol. The molecule has 0 bridgehead atoms. The minimum atomic E-state index is -1.41. The lowest BCUT2D eigenvalue weighted by molar-refractivity contribution is -0.119. The van der Waals surface area contributed by atoms with Gasteiger partial charge in [-0.1, -0.05) is 15.9 Å². The molecule has 4 nitrogen and oxygen atoms in total. The normalized spacial score (nSPS) is 12.5. The van der Waals surface area contributed by atoms with Crippen molar-refractivity contribution in [2.75, 3.05) is 11.5 Å². The van der Waals surface area contributed by atoms with Gasteiger partial charge in [0, 0.05) is 16.2 Å². The first-order valence-corrected chi connectivity index (χ1v) is 7.24. The van der Waals surface area contributed by atoms with E-state index in [9.17, 15) is 9.00 Å². The Labute approximate surface area is 112 Å². The molecule has 0 aliphatic carbocycles. The zero-order valence-corrected chi connectivity index (χ0v) is 12.1. The van der Waals surface area contributed by atoms with E-state index in [2.05, 4.69) is 21.2 Å². The minimum absolute atomic E-state index is 0.0433. The van der Waals surface area contributed by atoms with E-state index in [1.54, 1.807) is 18.2 Å². The van der Waals surface area contributed by atoms with Crippen LogP contribution in [0.15, 0.2) is 27.6 Å². The van der Waals surface area contributed by atoms with E-state index in [-0.39, 0.29) is 17.7 Å². The SMILES string of the molecule is CC(C)NC(=O)CS(=O)c1ccc(Br)cc1N. The van der Waals surface area contributed by atoms with Crippen molar-refractivity contribution in [3.05, 3.63) is 22.7 Å². The number of nitrogens with two attached hydrogens (primary N) is 1. The van der Waals surface area contributed by atoms with Gasteiger partial charge >= 0.3 is 0 Å². The van der Waals surface area contributed by atoms with Crippen LogP contribution in [0.3, 0.4) is 0 Å². The third-order valence-corrected chi connectivity index (χ3v) is 3.81. The Morgan fingerprint density at radius 3 is 2.71 bits per heavy atom. The maximum Gasteiger partial charge on any atom is 0.233 e. The molecule has 3 N–H and O–H groups in total. The van der Waals surface area contributed by atoms with E-state index in [1.807, 2.05) is 13.8 Å². The summed E-state index contributed by atoms with van der Waals surface area (Å²) in [5.41, 5.74) is 6.17. The molecule has 1 amide bonds. The van der Waals surface area contributed by atoms with Crippen LogP contribution in [0.2, 0.25) is 0 Å². The lowest BCUT2D eigenvalue weighted by Crippen LogP contribution is -2.33. The van der Waals surface area contributed by atoms with Crippen molar-refractivity contribution in [1.82, 2.24) is 5.32 Å². The van der Waals surface area contributed by atoms with Crippen LogP contribution in [-0.2, 0) is 15.6 Å². The third-order valence-electron chi connectivity index (χ3n) is 1.93. The predicted molar refractivity (Wildman–Crippen MR) is 73.1 cm³/mol. The van der Waals surface area contributed by atoms with Crippen LogP contribution in [0.4, 0.5) is 5.69 Å². The number of halogens is 1. The Bertz CT molecular complexity index is 449. The molecule has 1 aromatic carbocycles. The maximum atomic E-state index is 11.9.